The van der Waals surface area contributed by atoms with Gasteiger partial charge in [0.15, 0.2) is 5.82 Å². The van der Waals surface area contributed by atoms with Crippen LogP contribution in [0.3, 0.4) is 0 Å². The Bertz CT molecular complexity index is 1520. The van der Waals surface area contributed by atoms with E-state index >= 15 is 0 Å². The molecule has 0 saturated heterocycles. The smallest absolute Gasteiger partial charge is 0.372 e. The lowest BCUT2D eigenvalue weighted by Crippen LogP contribution is -2.14. The molecule has 7 nitrogen and oxygen atoms in total. The number of halogens is 4. The van der Waals surface area contributed by atoms with Gasteiger partial charge < -0.3 is 21.4 Å². The minimum absolute atomic E-state index is 0.0200. The monoisotopic (exact) mass is 538 g/mol. The van der Waals surface area contributed by atoms with Crippen LogP contribution in [0.4, 0.5) is 36.2 Å². The number of aryl methyl sites for hydroxylation is 1. The maximum atomic E-state index is 13.0. The fraction of sp³-hybridized carbons (Fsp3) is 0.111. The van der Waals surface area contributed by atoms with E-state index in [0.717, 1.165) is 23.9 Å². The molecule has 1 amide bonds. The molecule has 1 aromatic heterocycles. The topological polar surface area (TPSA) is 103 Å². The quantitative estimate of drug-likeness (QED) is 0.187. The second-order valence-electron chi connectivity index (χ2n) is 8.25. The molecule has 1 heterocycles. The summed E-state index contributed by atoms with van der Waals surface area (Å²) in [6.07, 6.45) is -3.42. The molecule has 194 valence electrons. The molecule has 4 aromatic rings. The minimum atomic E-state index is -4.53. The number of alkyl halides is 3. The van der Waals surface area contributed by atoms with E-state index in [-0.39, 0.29) is 11.3 Å². The highest BCUT2D eigenvalue weighted by molar-refractivity contribution is 6.30. The summed E-state index contributed by atoms with van der Waals surface area (Å²) >= 11 is 6.14. The van der Waals surface area contributed by atoms with Gasteiger partial charge in [0.25, 0.3) is 5.91 Å². The molecule has 0 aliphatic heterocycles. The van der Waals surface area contributed by atoms with Gasteiger partial charge in [0.1, 0.15) is 11.6 Å². The van der Waals surface area contributed by atoms with E-state index in [1.165, 1.54) is 12.1 Å². The van der Waals surface area contributed by atoms with Crippen LogP contribution in [0.2, 0.25) is 5.02 Å². The molecule has 4 rings (SSSR count). The van der Waals surface area contributed by atoms with Crippen LogP contribution in [-0.4, -0.2) is 29.1 Å². The van der Waals surface area contributed by atoms with Crippen molar-refractivity contribution in [2.24, 2.45) is 0 Å². The van der Waals surface area contributed by atoms with Crippen molar-refractivity contribution in [2.45, 2.75) is 13.1 Å². The van der Waals surface area contributed by atoms with E-state index in [9.17, 15) is 18.0 Å². The summed E-state index contributed by atoms with van der Waals surface area (Å²) in [5.41, 5.74) is 1.71. The third-order valence-electron chi connectivity index (χ3n) is 5.61. The van der Waals surface area contributed by atoms with E-state index in [4.69, 9.17) is 17.0 Å². The number of carbonyl (C=O) groups is 1. The zero-order chi connectivity index (χ0) is 27.4. The average Bonchev–Trinajstić information content (AvgIpc) is 2.89. The van der Waals surface area contributed by atoms with Gasteiger partial charge in [-0.2, -0.15) is 13.2 Å². The fourth-order valence-electron chi connectivity index (χ4n) is 3.65. The first-order chi connectivity index (χ1) is 18.1. The van der Waals surface area contributed by atoms with Gasteiger partial charge in [-0.25, -0.2) is 9.97 Å². The molecule has 11 heteroatoms. The predicted octanol–water partition coefficient (Wildman–Crippen LogP) is 7.16. The van der Waals surface area contributed by atoms with Gasteiger partial charge >= 0.3 is 6.18 Å². The van der Waals surface area contributed by atoms with Crippen LogP contribution >= 0.6 is 11.6 Å². The Morgan fingerprint density at radius 1 is 1.00 bits per heavy atom. The lowest BCUT2D eigenvalue weighted by atomic mass is 10.1. The van der Waals surface area contributed by atoms with Crippen LogP contribution < -0.4 is 16.0 Å². The van der Waals surface area contributed by atoms with E-state index in [1.54, 1.807) is 49.5 Å². The molecular formula is C27H22ClF3N6O. The van der Waals surface area contributed by atoms with Crippen molar-refractivity contribution in [3.8, 4) is 11.4 Å². The van der Waals surface area contributed by atoms with E-state index in [1.807, 2.05) is 6.92 Å². The van der Waals surface area contributed by atoms with Crippen molar-refractivity contribution in [2.75, 3.05) is 23.0 Å². The first-order valence-corrected chi connectivity index (χ1v) is 11.7. The zero-order valence-electron chi connectivity index (χ0n) is 20.2. The summed E-state index contributed by atoms with van der Waals surface area (Å²) in [5, 5.41) is 17.1. The average molecular weight is 539 g/mol. The van der Waals surface area contributed by atoms with Crippen LogP contribution in [0, 0.1) is 12.3 Å². The second kappa shape index (κ2) is 10.9. The van der Waals surface area contributed by atoms with Crippen LogP contribution in [0.15, 0.2) is 66.7 Å². The first-order valence-electron chi connectivity index (χ1n) is 11.3. The number of amides is 1. The lowest BCUT2D eigenvalue weighted by Gasteiger charge is -2.16. The molecule has 0 saturated carbocycles. The Balaban J connectivity index is 1.67. The standard InChI is InChI=1S/C27H22ClF3N6O/c1-15-9-10-17(26(38)34-20-8-4-6-18(13-20)27(29,30)31)12-22(15)35-25-21(14-32)24(33-2)36-23(37-25)16-5-3-7-19(28)11-16/h3-14,32H,1-2H3,(H,34,38)(H2,33,35,36,37). The van der Waals surface area contributed by atoms with Gasteiger partial charge in [0.05, 0.1) is 11.1 Å². The second-order valence-corrected chi connectivity index (χ2v) is 8.69. The number of benzene rings is 3. The summed E-state index contributed by atoms with van der Waals surface area (Å²) in [5.74, 6) is 0.496. The molecule has 4 N–H and O–H groups in total. The van der Waals surface area contributed by atoms with Crippen LogP contribution in [0.1, 0.15) is 27.0 Å². The van der Waals surface area contributed by atoms with Crippen molar-refractivity contribution in [1.29, 1.82) is 5.41 Å². The Labute approximate surface area is 221 Å². The zero-order valence-corrected chi connectivity index (χ0v) is 21.0. The Kier molecular flexibility index (Phi) is 7.63. The highest BCUT2D eigenvalue weighted by atomic mass is 35.5. The molecule has 0 bridgehead atoms. The Hall–Kier alpha value is -4.44. The van der Waals surface area contributed by atoms with Crippen LogP contribution in [-0.2, 0) is 6.18 Å². The summed E-state index contributed by atoms with van der Waals surface area (Å²) in [4.78, 5) is 22.0. The molecule has 0 spiro atoms. The molecule has 0 aliphatic carbocycles. The lowest BCUT2D eigenvalue weighted by molar-refractivity contribution is -0.137. The molecule has 0 unspecified atom stereocenters. The highest BCUT2D eigenvalue weighted by Gasteiger charge is 2.30. The number of carbonyl (C=O) groups excluding carboxylic acids is 1. The van der Waals surface area contributed by atoms with Gasteiger partial charge in [-0.05, 0) is 55.0 Å². The van der Waals surface area contributed by atoms with Crippen LogP contribution in [0.25, 0.3) is 11.4 Å². The van der Waals surface area contributed by atoms with Crippen molar-refractivity contribution in [3.05, 3.63) is 94.0 Å². The molecule has 38 heavy (non-hydrogen) atoms. The molecule has 0 atom stereocenters. The fourth-order valence-corrected chi connectivity index (χ4v) is 3.84. The van der Waals surface area contributed by atoms with Crippen molar-refractivity contribution >= 4 is 46.7 Å². The number of nitrogens with one attached hydrogen (secondary N) is 4. The van der Waals surface area contributed by atoms with Crippen molar-refractivity contribution < 1.29 is 18.0 Å². The maximum absolute atomic E-state index is 13.0. The number of anilines is 4. The minimum Gasteiger partial charge on any atom is -0.372 e. The summed E-state index contributed by atoms with van der Waals surface area (Å²) < 4.78 is 39.1. The number of nitrogens with zero attached hydrogens (tertiary/aromatic N) is 2. The summed E-state index contributed by atoms with van der Waals surface area (Å²) in [6, 6.07) is 16.3. The maximum Gasteiger partial charge on any atom is 0.416 e. The molecule has 0 aliphatic rings. The van der Waals surface area contributed by atoms with Crippen LogP contribution in [0.5, 0.6) is 0 Å². The summed E-state index contributed by atoms with van der Waals surface area (Å²) in [6.45, 7) is 1.82. The van der Waals surface area contributed by atoms with Gasteiger partial charge in [-0.15, -0.1) is 0 Å². The number of hydrogen-bond acceptors (Lipinski definition) is 6. The van der Waals surface area contributed by atoms with E-state index in [2.05, 4.69) is 25.9 Å². The van der Waals surface area contributed by atoms with Gasteiger partial charge in [0, 0.05) is 40.8 Å². The molecule has 0 radical (unpaired) electrons. The molecule has 3 aromatic carbocycles. The van der Waals surface area contributed by atoms with Crippen molar-refractivity contribution in [1.82, 2.24) is 9.97 Å². The molecular weight excluding hydrogens is 517 g/mol. The normalized spacial score (nSPS) is 11.1. The number of aromatic nitrogens is 2. The number of rotatable bonds is 7. The van der Waals surface area contributed by atoms with Gasteiger partial charge in [-0.3, -0.25) is 4.79 Å². The number of hydrogen-bond donors (Lipinski definition) is 4. The Morgan fingerprint density at radius 3 is 2.42 bits per heavy atom. The van der Waals surface area contributed by atoms with Crippen molar-refractivity contribution in [3.63, 3.8) is 0 Å². The third kappa shape index (κ3) is 5.92. The SMILES string of the molecule is CNc1nc(-c2cccc(Cl)c2)nc(Nc2cc(C(=O)Nc3cccc(C(F)(F)F)c3)ccc2C)c1C=N. The predicted molar refractivity (Wildman–Crippen MR) is 144 cm³/mol. The first kappa shape index (κ1) is 26.6. The summed E-state index contributed by atoms with van der Waals surface area (Å²) in [7, 11) is 1.67. The molecule has 0 fully saturated rings. The van der Waals surface area contributed by atoms with E-state index in [0.29, 0.717) is 39.3 Å². The van der Waals surface area contributed by atoms with E-state index < -0.39 is 17.6 Å². The highest BCUT2D eigenvalue weighted by Crippen LogP contribution is 2.32. The Morgan fingerprint density at radius 2 is 1.74 bits per heavy atom. The largest absolute Gasteiger partial charge is 0.416 e. The van der Waals surface area contributed by atoms with Gasteiger partial charge in [-0.1, -0.05) is 35.9 Å². The third-order valence-corrected chi connectivity index (χ3v) is 5.85. The van der Waals surface area contributed by atoms with Gasteiger partial charge in [0.2, 0.25) is 0 Å².